The summed E-state index contributed by atoms with van der Waals surface area (Å²) in [4.78, 5) is 29.1. The molecule has 0 bridgehead atoms. The molecule has 2 amide bonds. The van der Waals surface area contributed by atoms with Crippen LogP contribution in [0.5, 0.6) is 0 Å². The summed E-state index contributed by atoms with van der Waals surface area (Å²) in [7, 11) is -3.79. The number of piperazine rings is 1. The van der Waals surface area contributed by atoms with Crippen molar-refractivity contribution in [2.75, 3.05) is 31.1 Å². The van der Waals surface area contributed by atoms with Crippen LogP contribution in [0.1, 0.15) is 36.8 Å². The number of sulfonamides is 1. The maximum Gasteiger partial charge on any atom is 0.243 e. The Morgan fingerprint density at radius 2 is 1.54 bits per heavy atom. The van der Waals surface area contributed by atoms with Gasteiger partial charge in [-0.2, -0.15) is 4.31 Å². The van der Waals surface area contributed by atoms with Crippen LogP contribution >= 0.6 is 0 Å². The molecular weight excluding hydrogens is 469 g/mol. The van der Waals surface area contributed by atoms with Gasteiger partial charge in [-0.3, -0.25) is 14.5 Å². The molecule has 2 aromatic rings. The third kappa shape index (κ3) is 4.36. The standard InChI is InChI=1S/C26H30FN3O4S/c1-18-10-11-19(17-30-25(31)20-6-2-3-7-21(20)26(30)32)16-24(18)35(33,34)29-14-12-28(13-15-29)23-9-5-4-8-22(23)27/h4-5,8-11,16,20-21H,2-3,6-7,12-15,17H2,1H3. The molecule has 0 aromatic heterocycles. The van der Waals surface area contributed by atoms with Crippen molar-refractivity contribution in [1.29, 1.82) is 0 Å². The van der Waals surface area contributed by atoms with E-state index in [0.29, 0.717) is 29.9 Å². The fourth-order valence-corrected chi connectivity index (χ4v) is 7.30. The molecule has 2 aromatic carbocycles. The molecule has 1 saturated carbocycles. The minimum absolute atomic E-state index is 0.0918. The fraction of sp³-hybridized carbons (Fsp3) is 0.462. The molecule has 2 saturated heterocycles. The first-order valence-electron chi connectivity index (χ1n) is 12.2. The van der Waals surface area contributed by atoms with Crippen molar-refractivity contribution >= 4 is 27.5 Å². The average molecular weight is 500 g/mol. The Kier molecular flexibility index (Phi) is 6.40. The second kappa shape index (κ2) is 9.35. The van der Waals surface area contributed by atoms with Crippen molar-refractivity contribution in [3.8, 4) is 0 Å². The number of aryl methyl sites for hydroxylation is 1. The highest BCUT2D eigenvalue weighted by Gasteiger charge is 2.48. The van der Waals surface area contributed by atoms with Gasteiger partial charge in [0.05, 0.1) is 29.0 Å². The molecule has 186 valence electrons. The molecule has 1 aliphatic carbocycles. The average Bonchev–Trinajstić information content (AvgIpc) is 3.10. The van der Waals surface area contributed by atoms with Crippen LogP contribution in [0.2, 0.25) is 0 Å². The Balaban J connectivity index is 1.32. The molecule has 2 atom stereocenters. The van der Waals surface area contributed by atoms with Crippen molar-refractivity contribution in [3.63, 3.8) is 0 Å². The Hall–Kier alpha value is -2.78. The second-order valence-electron chi connectivity index (χ2n) is 9.70. The number of halogens is 1. The zero-order valence-corrected chi connectivity index (χ0v) is 20.6. The number of hydrogen-bond acceptors (Lipinski definition) is 5. The quantitative estimate of drug-likeness (QED) is 0.590. The van der Waals surface area contributed by atoms with E-state index < -0.39 is 10.0 Å². The van der Waals surface area contributed by atoms with Gasteiger partial charge in [0.1, 0.15) is 5.82 Å². The second-order valence-corrected chi connectivity index (χ2v) is 11.6. The number of likely N-dealkylation sites (tertiary alicyclic amines) is 1. The van der Waals surface area contributed by atoms with Gasteiger partial charge in [-0.1, -0.05) is 37.1 Å². The number of carbonyl (C=O) groups is 2. The molecule has 3 aliphatic rings. The smallest absolute Gasteiger partial charge is 0.243 e. The zero-order valence-electron chi connectivity index (χ0n) is 19.8. The lowest BCUT2D eigenvalue weighted by Gasteiger charge is -2.35. The van der Waals surface area contributed by atoms with E-state index in [1.54, 1.807) is 43.3 Å². The van der Waals surface area contributed by atoms with E-state index in [0.717, 1.165) is 25.7 Å². The monoisotopic (exact) mass is 499 g/mol. The van der Waals surface area contributed by atoms with E-state index in [-0.39, 0.29) is 54.0 Å². The van der Waals surface area contributed by atoms with Crippen LogP contribution in [0.25, 0.3) is 0 Å². The number of hydrogen-bond donors (Lipinski definition) is 0. The minimum Gasteiger partial charge on any atom is -0.367 e. The normalized spacial score (nSPS) is 23.6. The molecule has 2 aliphatic heterocycles. The van der Waals surface area contributed by atoms with E-state index in [2.05, 4.69) is 0 Å². The first-order valence-corrected chi connectivity index (χ1v) is 13.7. The van der Waals surface area contributed by atoms with Crippen molar-refractivity contribution in [3.05, 3.63) is 59.4 Å². The van der Waals surface area contributed by atoms with Crippen LogP contribution in [0.3, 0.4) is 0 Å². The lowest BCUT2D eigenvalue weighted by atomic mass is 9.81. The summed E-state index contributed by atoms with van der Waals surface area (Å²) in [6.45, 7) is 3.10. The summed E-state index contributed by atoms with van der Waals surface area (Å²) >= 11 is 0. The van der Waals surface area contributed by atoms with Crippen LogP contribution in [-0.2, 0) is 26.2 Å². The highest BCUT2D eigenvalue weighted by atomic mass is 32.2. The Morgan fingerprint density at radius 3 is 2.17 bits per heavy atom. The van der Waals surface area contributed by atoms with Crippen LogP contribution in [0, 0.1) is 24.6 Å². The summed E-state index contributed by atoms with van der Waals surface area (Å²) in [6.07, 6.45) is 3.42. The molecule has 7 nitrogen and oxygen atoms in total. The maximum absolute atomic E-state index is 14.2. The van der Waals surface area contributed by atoms with Gasteiger partial charge in [-0.15, -0.1) is 0 Å². The lowest BCUT2D eigenvalue weighted by molar-refractivity contribution is -0.140. The van der Waals surface area contributed by atoms with Crippen molar-refractivity contribution in [2.24, 2.45) is 11.8 Å². The fourth-order valence-electron chi connectivity index (χ4n) is 5.61. The first-order chi connectivity index (χ1) is 16.8. The molecule has 0 N–H and O–H groups in total. The molecule has 9 heteroatoms. The molecular formula is C26H30FN3O4S. The van der Waals surface area contributed by atoms with E-state index in [9.17, 15) is 22.4 Å². The van der Waals surface area contributed by atoms with Crippen molar-refractivity contribution in [1.82, 2.24) is 9.21 Å². The predicted molar refractivity (Wildman–Crippen MR) is 130 cm³/mol. The molecule has 35 heavy (non-hydrogen) atoms. The van der Waals surface area contributed by atoms with Crippen LogP contribution in [0.15, 0.2) is 47.4 Å². The van der Waals surface area contributed by atoms with Crippen LogP contribution in [0.4, 0.5) is 10.1 Å². The minimum atomic E-state index is -3.79. The number of rotatable bonds is 5. The van der Waals surface area contributed by atoms with Crippen LogP contribution in [-0.4, -0.2) is 55.6 Å². The SMILES string of the molecule is Cc1ccc(CN2C(=O)C3CCCCC3C2=O)cc1S(=O)(=O)N1CCN(c2ccccc2F)CC1. The summed E-state index contributed by atoms with van der Waals surface area (Å²) in [5.74, 6) is -1.03. The van der Waals surface area contributed by atoms with Gasteiger partial charge in [0.2, 0.25) is 21.8 Å². The summed E-state index contributed by atoms with van der Waals surface area (Å²) < 4.78 is 42.6. The summed E-state index contributed by atoms with van der Waals surface area (Å²) in [6, 6.07) is 11.6. The summed E-state index contributed by atoms with van der Waals surface area (Å²) in [5, 5.41) is 0. The third-order valence-electron chi connectivity index (χ3n) is 7.58. The highest BCUT2D eigenvalue weighted by molar-refractivity contribution is 7.89. The van der Waals surface area contributed by atoms with E-state index in [1.165, 1.54) is 15.3 Å². The molecule has 2 heterocycles. The molecule has 0 spiro atoms. The van der Waals surface area contributed by atoms with Crippen molar-refractivity contribution in [2.45, 2.75) is 44.0 Å². The van der Waals surface area contributed by atoms with E-state index >= 15 is 0 Å². The Morgan fingerprint density at radius 1 is 0.914 bits per heavy atom. The first kappa shape index (κ1) is 23.9. The maximum atomic E-state index is 14.2. The van der Waals surface area contributed by atoms with Gasteiger partial charge in [0.25, 0.3) is 0 Å². The third-order valence-corrected chi connectivity index (χ3v) is 9.62. The summed E-state index contributed by atoms with van der Waals surface area (Å²) in [5.41, 5.74) is 1.71. The number of nitrogens with zero attached hydrogens (tertiary/aromatic N) is 3. The van der Waals surface area contributed by atoms with Gasteiger partial charge < -0.3 is 4.90 Å². The van der Waals surface area contributed by atoms with Crippen molar-refractivity contribution < 1.29 is 22.4 Å². The zero-order chi connectivity index (χ0) is 24.7. The number of benzene rings is 2. The molecule has 3 fully saturated rings. The molecule has 2 unspecified atom stereocenters. The Labute approximate surface area is 205 Å². The van der Waals surface area contributed by atoms with Gasteiger partial charge in [-0.25, -0.2) is 12.8 Å². The van der Waals surface area contributed by atoms with Gasteiger partial charge in [0, 0.05) is 26.2 Å². The van der Waals surface area contributed by atoms with Gasteiger partial charge in [-0.05, 0) is 49.1 Å². The Bertz CT molecular complexity index is 1230. The number of para-hydroxylation sites is 1. The van der Waals surface area contributed by atoms with Gasteiger partial charge >= 0.3 is 0 Å². The van der Waals surface area contributed by atoms with Crippen LogP contribution < -0.4 is 4.90 Å². The topological polar surface area (TPSA) is 78.0 Å². The van der Waals surface area contributed by atoms with E-state index in [4.69, 9.17) is 0 Å². The molecule has 5 rings (SSSR count). The number of anilines is 1. The van der Waals surface area contributed by atoms with Gasteiger partial charge in [0.15, 0.2) is 0 Å². The predicted octanol–water partition coefficient (Wildman–Crippen LogP) is 3.32. The molecule has 0 radical (unpaired) electrons. The number of amides is 2. The lowest BCUT2D eigenvalue weighted by Crippen LogP contribution is -2.49. The number of carbonyl (C=O) groups excluding carboxylic acids is 2. The number of fused-ring (bicyclic) bond motifs is 1. The highest BCUT2D eigenvalue weighted by Crippen LogP contribution is 2.38. The van der Waals surface area contributed by atoms with E-state index in [1.807, 2.05) is 4.90 Å². The number of imide groups is 1. The largest absolute Gasteiger partial charge is 0.367 e.